The molecule has 4 rings (SSSR count). The summed E-state index contributed by atoms with van der Waals surface area (Å²) in [6, 6.07) is 5.76. The number of likely N-dealkylation sites (tertiary alicyclic amines) is 1. The highest BCUT2D eigenvalue weighted by Gasteiger charge is 2.35. The van der Waals surface area contributed by atoms with Crippen LogP contribution in [0.4, 0.5) is 0 Å². The number of nitrogens with one attached hydrogen (secondary N) is 2. The molecule has 0 bridgehead atoms. The normalized spacial score (nSPS) is 25.8. The van der Waals surface area contributed by atoms with Gasteiger partial charge in [0.25, 0.3) is 5.91 Å². The third-order valence-corrected chi connectivity index (χ3v) is 6.34. The van der Waals surface area contributed by atoms with Crippen molar-refractivity contribution in [2.75, 3.05) is 52.7 Å². The molecule has 3 heterocycles. The van der Waals surface area contributed by atoms with E-state index in [1.54, 1.807) is 4.90 Å². The predicted molar refractivity (Wildman–Crippen MR) is 109 cm³/mol. The van der Waals surface area contributed by atoms with Crippen LogP contribution in [0.25, 0.3) is 0 Å². The van der Waals surface area contributed by atoms with Crippen molar-refractivity contribution in [3.05, 3.63) is 23.8 Å². The molecule has 3 aliphatic rings. The van der Waals surface area contributed by atoms with Crippen molar-refractivity contribution in [1.82, 2.24) is 4.90 Å². The Labute approximate surface area is 177 Å². The summed E-state index contributed by atoms with van der Waals surface area (Å²) in [6.07, 6.45) is 2.65. The molecule has 0 aromatic heterocycles. The first-order valence-corrected chi connectivity index (χ1v) is 11.2. The molecule has 0 unspecified atom stereocenters. The maximum absolute atomic E-state index is 12.9. The Morgan fingerprint density at radius 2 is 1.87 bits per heavy atom. The number of hydrogen-bond acceptors (Lipinski definition) is 5. The first-order valence-electron chi connectivity index (χ1n) is 11.2. The van der Waals surface area contributed by atoms with Gasteiger partial charge in [0, 0.05) is 12.1 Å². The fraction of sp³-hybridized carbons (Fsp3) is 0.636. The number of nitrogens with zero attached hydrogens (tertiary/aromatic N) is 1. The van der Waals surface area contributed by atoms with E-state index in [9.17, 15) is 9.59 Å². The van der Waals surface area contributed by atoms with Crippen molar-refractivity contribution in [3.8, 4) is 11.5 Å². The number of carbonyl (C=O) groups excluding carboxylic acids is 2. The Hall–Kier alpha value is -2.32. The molecule has 1 atom stereocenters. The van der Waals surface area contributed by atoms with Crippen LogP contribution in [0.2, 0.25) is 0 Å². The number of ether oxygens (including phenoxy) is 3. The molecular weight excluding hydrogens is 386 g/mol. The highest BCUT2D eigenvalue weighted by Crippen LogP contribution is 2.32. The summed E-state index contributed by atoms with van der Waals surface area (Å²) in [4.78, 5) is 29.8. The lowest BCUT2D eigenvalue weighted by Gasteiger charge is -2.35. The summed E-state index contributed by atoms with van der Waals surface area (Å²) in [5.74, 6) is 1.49. The molecule has 0 spiro atoms. The molecule has 0 saturated carbocycles. The van der Waals surface area contributed by atoms with Crippen LogP contribution in [0.3, 0.4) is 0 Å². The maximum atomic E-state index is 12.9. The summed E-state index contributed by atoms with van der Waals surface area (Å²) in [5.41, 5.74) is 1.25. The molecule has 1 aromatic rings. The minimum absolute atomic E-state index is 0.0852. The van der Waals surface area contributed by atoms with Gasteiger partial charge in [-0.1, -0.05) is 0 Å². The Balaban J connectivity index is 1.26. The van der Waals surface area contributed by atoms with Gasteiger partial charge in [0.15, 0.2) is 18.0 Å². The average molecular weight is 420 g/mol. The minimum Gasteiger partial charge on any atom is -0.464 e. The first kappa shape index (κ1) is 20.9. The number of piperazine rings is 1. The number of piperidine rings is 1. The first-order chi connectivity index (χ1) is 14.6. The number of esters is 1. The molecule has 0 radical (unpaired) electrons. The number of benzene rings is 1. The number of carbonyl (C=O) groups is 2. The van der Waals surface area contributed by atoms with Gasteiger partial charge in [-0.3, -0.25) is 4.79 Å². The van der Waals surface area contributed by atoms with E-state index in [4.69, 9.17) is 14.2 Å². The second kappa shape index (κ2) is 9.66. The topological polar surface area (TPSA) is 74.0 Å². The van der Waals surface area contributed by atoms with E-state index in [1.165, 1.54) is 15.4 Å². The van der Waals surface area contributed by atoms with Gasteiger partial charge in [0.2, 0.25) is 6.79 Å². The van der Waals surface area contributed by atoms with E-state index in [-0.39, 0.29) is 11.9 Å². The number of amides is 1. The van der Waals surface area contributed by atoms with Gasteiger partial charge in [0.1, 0.15) is 38.8 Å². The minimum atomic E-state index is -0.400. The van der Waals surface area contributed by atoms with E-state index in [0.717, 1.165) is 57.1 Å². The van der Waals surface area contributed by atoms with Crippen LogP contribution in [0.1, 0.15) is 31.7 Å². The van der Waals surface area contributed by atoms with Crippen LogP contribution in [0.15, 0.2) is 18.2 Å². The predicted octanol–water partition coefficient (Wildman–Crippen LogP) is -1.36. The van der Waals surface area contributed by atoms with Gasteiger partial charge in [-0.05, 0) is 44.4 Å². The van der Waals surface area contributed by atoms with Gasteiger partial charge in [-0.15, -0.1) is 0 Å². The van der Waals surface area contributed by atoms with Gasteiger partial charge >= 0.3 is 5.97 Å². The lowest BCUT2D eigenvalue weighted by atomic mass is 10.0. The van der Waals surface area contributed by atoms with Crippen molar-refractivity contribution in [3.63, 3.8) is 0 Å². The SMILES string of the molecule is CCOC(=O)[C@@H]1CCCCN1C(=O)C[NH+]1CC[NH+](Cc2ccc3c(c2)OCO3)CC1. The average Bonchev–Trinajstić information content (AvgIpc) is 3.23. The summed E-state index contributed by atoms with van der Waals surface area (Å²) in [5, 5.41) is 0. The Kier molecular flexibility index (Phi) is 6.74. The van der Waals surface area contributed by atoms with E-state index in [1.807, 2.05) is 13.0 Å². The molecule has 1 amide bonds. The Morgan fingerprint density at radius 3 is 2.67 bits per heavy atom. The van der Waals surface area contributed by atoms with Gasteiger partial charge in [-0.2, -0.15) is 0 Å². The molecule has 8 nitrogen and oxygen atoms in total. The fourth-order valence-electron chi connectivity index (χ4n) is 4.68. The van der Waals surface area contributed by atoms with Crippen LogP contribution in [-0.2, 0) is 20.9 Å². The largest absolute Gasteiger partial charge is 0.464 e. The maximum Gasteiger partial charge on any atom is 0.328 e. The van der Waals surface area contributed by atoms with Crippen LogP contribution in [0.5, 0.6) is 11.5 Å². The quantitative estimate of drug-likeness (QED) is 0.558. The third-order valence-electron chi connectivity index (χ3n) is 6.34. The van der Waals surface area contributed by atoms with Crippen LogP contribution in [0, 0.1) is 0 Å². The molecule has 2 fully saturated rings. The smallest absolute Gasteiger partial charge is 0.328 e. The van der Waals surface area contributed by atoms with Crippen LogP contribution >= 0.6 is 0 Å². The van der Waals surface area contributed by atoms with Gasteiger partial charge < -0.3 is 28.9 Å². The fourth-order valence-corrected chi connectivity index (χ4v) is 4.68. The summed E-state index contributed by atoms with van der Waals surface area (Å²) in [6.45, 7) is 8.53. The van der Waals surface area contributed by atoms with Crippen molar-refractivity contribution < 1.29 is 33.6 Å². The lowest BCUT2D eigenvalue weighted by Crippen LogP contribution is -3.28. The third kappa shape index (κ3) is 4.87. The van der Waals surface area contributed by atoms with E-state index >= 15 is 0 Å². The van der Waals surface area contributed by atoms with Crippen molar-refractivity contribution in [1.29, 1.82) is 0 Å². The zero-order valence-corrected chi connectivity index (χ0v) is 17.8. The van der Waals surface area contributed by atoms with Gasteiger partial charge in [-0.25, -0.2) is 4.79 Å². The van der Waals surface area contributed by atoms with Gasteiger partial charge in [0.05, 0.1) is 6.61 Å². The van der Waals surface area contributed by atoms with Crippen molar-refractivity contribution in [2.24, 2.45) is 0 Å². The zero-order chi connectivity index (χ0) is 20.9. The van der Waals surface area contributed by atoms with Crippen LogP contribution in [-0.4, -0.2) is 75.5 Å². The zero-order valence-electron chi connectivity index (χ0n) is 17.8. The van der Waals surface area contributed by atoms with E-state index in [2.05, 4.69) is 12.1 Å². The number of rotatable bonds is 6. The standard InChI is InChI=1S/C22H31N3O5/c1-2-28-22(27)18-5-3-4-8-25(18)21(26)15-24-11-9-23(10-12-24)14-17-6-7-19-20(13-17)30-16-29-19/h6-7,13,18H,2-5,8-12,14-16H2,1H3/p+2/t18-/m0/s1. The van der Waals surface area contributed by atoms with Crippen LogP contribution < -0.4 is 19.3 Å². The molecule has 0 aliphatic carbocycles. The van der Waals surface area contributed by atoms with Crippen molar-refractivity contribution in [2.45, 2.75) is 38.8 Å². The molecular formula is C22H33N3O5+2. The number of fused-ring (bicyclic) bond motifs is 1. The summed E-state index contributed by atoms with van der Waals surface area (Å²) < 4.78 is 16.1. The number of quaternary nitrogens is 2. The van der Waals surface area contributed by atoms with Crippen molar-refractivity contribution >= 4 is 11.9 Å². The highest BCUT2D eigenvalue weighted by atomic mass is 16.7. The van der Waals surface area contributed by atoms with E-state index < -0.39 is 6.04 Å². The summed E-state index contributed by atoms with van der Waals surface area (Å²) in [7, 11) is 0. The Morgan fingerprint density at radius 1 is 1.10 bits per heavy atom. The monoisotopic (exact) mass is 419 g/mol. The lowest BCUT2D eigenvalue weighted by molar-refractivity contribution is -1.02. The van der Waals surface area contributed by atoms with E-state index in [0.29, 0.717) is 32.9 Å². The molecule has 30 heavy (non-hydrogen) atoms. The molecule has 164 valence electrons. The summed E-state index contributed by atoms with van der Waals surface area (Å²) >= 11 is 0. The second-order valence-corrected chi connectivity index (χ2v) is 8.39. The Bertz CT molecular complexity index is 763. The number of hydrogen-bond donors (Lipinski definition) is 2. The molecule has 2 N–H and O–H groups in total. The molecule has 1 aromatic carbocycles. The molecule has 8 heteroatoms. The molecule has 2 saturated heterocycles. The second-order valence-electron chi connectivity index (χ2n) is 8.39. The highest BCUT2D eigenvalue weighted by molar-refractivity contribution is 5.85. The molecule has 3 aliphatic heterocycles.